The Morgan fingerprint density at radius 2 is 2.06 bits per heavy atom. The van der Waals surface area contributed by atoms with Gasteiger partial charge in [-0.3, -0.25) is 0 Å². The molecule has 0 spiro atoms. The average molecular weight is 262 g/mol. The van der Waals surface area contributed by atoms with Gasteiger partial charge in [-0.15, -0.1) is 11.3 Å². The highest BCUT2D eigenvalue weighted by Gasteiger charge is 2.01. The Bertz CT molecular complexity index is 479. The van der Waals surface area contributed by atoms with E-state index in [0.717, 1.165) is 29.4 Å². The van der Waals surface area contributed by atoms with E-state index in [4.69, 9.17) is 4.74 Å². The summed E-state index contributed by atoms with van der Waals surface area (Å²) in [5, 5.41) is 6.35. The van der Waals surface area contributed by atoms with Gasteiger partial charge < -0.3 is 10.1 Å². The Balaban J connectivity index is 1.89. The van der Waals surface area contributed by atoms with Crippen LogP contribution in [-0.4, -0.2) is 12.0 Å². The molecule has 4 heteroatoms. The van der Waals surface area contributed by atoms with Crippen molar-refractivity contribution in [1.82, 2.24) is 10.3 Å². The zero-order valence-electron chi connectivity index (χ0n) is 10.8. The van der Waals surface area contributed by atoms with Crippen LogP contribution >= 0.6 is 11.3 Å². The zero-order valence-corrected chi connectivity index (χ0v) is 11.6. The lowest BCUT2D eigenvalue weighted by Crippen LogP contribution is -2.04. The molecule has 3 nitrogen and oxygen atoms in total. The van der Waals surface area contributed by atoms with Crippen molar-refractivity contribution in [3.63, 3.8) is 0 Å². The van der Waals surface area contributed by atoms with Gasteiger partial charge in [0.15, 0.2) is 0 Å². The second kappa shape index (κ2) is 6.52. The fourth-order valence-electron chi connectivity index (χ4n) is 1.64. The maximum absolute atomic E-state index is 5.71. The molecule has 1 N–H and O–H groups in total. The zero-order chi connectivity index (χ0) is 12.8. The lowest BCUT2D eigenvalue weighted by Gasteiger charge is -2.05. The van der Waals surface area contributed by atoms with E-state index in [-0.39, 0.29) is 0 Å². The first kappa shape index (κ1) is 13.1. The van der Waals surface area contributed by atoms with Crippen LogP contribution in [0.3, 0.4) is 0 Å². The van der Waals surface area contributed by atoms with Crippen molar-refractivity contribution in [2.75, 3.05) is 7.05 Å². The first-order chi connectivity index (χ1) is 8.81. The van der Waals surface area contributed by atoms with Crippen LogP contribution in [0.2, 0.25) is 0 Å². The molecule has 0 unspecified atom stereocenters. The number of thiazole rings is 1. The quantitative estimate of drug-likeness (QED) is 0.869. The van der Waals surface area contributed by atoms with E-state index in [0.29, 0.717) is 6.61 Å². The first-order valence-corrected chi connectivity index (χ1v) is 6.99. The molecule has 0 fully saturated rings. The predicted octanol–water partition coefficient (Wildman–Crippen LogP) is 3.00. The summed E-state index contributed by atoms with van der Waals surface area (Å²) in [7, 11) is 1.94. The van der Waals surface area contributed by atoms with Gasteiger partial charge >= 0.3 is 0 Å². The molecule has 18 heavy (non-hydrogen) atoms. The molecule has 0 radical (unpaired) electrons. The molecular formula is C14H18N2OS. The van der Waals surface area contributed by atoms with E-state index in [9.17, 15) is 0 Å². The number of aryl methyl sites for hydroxylation is 1. The van der Waals surface area contributed by atoms with Gasteiger partial charge in [-0.1, -0.05) is 19.1 Å². The molecule has 0 saturated heterocycles. The number of hydrogen-bond acceptors (Lipinski definition) is 4. The molecule has 1 aromatic carbocycles. The van der Waals surface area contributed by atoms with Crippen LogP contribution in [-0.2, 0) is 19.6 Å². The van der Waals surface area contributed by atoms with Crippen molar-refractivity contribution in [2.45, 2.75) is 26.5 Å². The molecule has 2 aromatic rings. The molecule has 0 saturated carbocycles. The van der Waals surface area contributed by atoms with Crippen molar-refractivity contribution < 1.29 is 4.74 Å². The second-order valence-corrected chi connectivity index (χ2v) is 4.99. The summed E-state index contributed by atoms with van der Waals surface area (Å²) < 4.78 is 5.71. The fraction of sp³-hybridized carbons (Fsp3) is 0.357. The van der Waals surface area contributed by atoms with Gasteiger partial charge in [0, 0.05) is 11.9 Å². The summed E-state index contributed by atoms with van der Waals surface area (Å²) in [6, 6.07) is 8.15. The number of nitrogens with zero attached hydrogens (tertiary/aromatic N) is 1. The van der Waals surface area contributed by atoms with Gasteiger partial charge in [0.05, 0.1) is 10.7 Å². The summed E-state index contributed by atoms with van der Waals surface area (Å²) in [4.78, 5) is 4.47. The third-order valence-electron chi connectivity index (χ3n) is 2.59. The smallest absolute Gasteiger partial charge is 0.131 e. The van der Waals surface area contributed by atoms with Gasteiger partial charge in [-0.25, -0.2) is 4.98 Å². The maximum atomic E-state index is 5.71. The Morgan fingerprint density at radius 3 is 2.67 bits per heavy atom. The van der Waals surface area contributed by atoms with Gasteiger partial charge in [0.25, 0.3) is 0 Å². The summed E-state index contributed by atoms with van der Waals surface area (Å²) in [5.41, 5.74) is 2.27. The number of aromatic nitrogens is 1. The summed E-state index contributed by atoms with van der Waals surface area (Å²) in [5.74, 6) is 0.890. The van der Waals surface area contributed by atoms with Gasteiger partial charge in [-0.05, 0) is 31.2 Å². The third-order valence-corrected chi connectivity index (χ3v) is 3.63. The highest BCUT2D eigenvalue weighted by atomic mass is 32.1. The van der Waals surface area contributed by atoms with E-state index < -0.39 is 0 Å². The average Bonchev–Trinajstić information content (AvgIpc) is 2.86. The van der Waals surface area contributed by atoms with Crippen molar-refractivity contribution in [1.29, 1.82) is 0 Å². The van der Waals surface area contributed by atoms with Gasteiger partial charge in [-0.2, -0.15) is 0 Å². The van der Waals surface area contributed by atoms with E-state index in [2.05, 4.69) is 34.7 Å². The first-order valence-electron chi connectivity index (χ1n) is 6.11. The van der Waals surface area contributed by atoms with Crippen LogP contribution in [0.15, 0.2) is 29.6 Å². The predicted molar refractivity (Wildman–Crippen MR) is 75.0 cm³/mol. The minimum absolute atomic E-state index is 0.544. The number of hydrogen-bond donors (Lipinski definition) is 1. The highest BCUT2D eigenvalue weighted by molar-refractivity contribution is 7.09. The van der Waals surface area contributed by atoms with Crippen molar-refractivity contribution in [3.8, 4) is 5.75 Å². The van der Waals surface area contributed by atoms with Crippen LogP contribution in [0, 0.1) is 0 Å². The van der Waals surface area contributed by atoms with E-state index in [1.54, 1.807) is 11.3 Å². The molecule has 0 aliphatic rings. The number of rotatable bonds is 6. The van der Waals surface area contributed by atoms with E-state index in [1.807, 2.05) is 19.2 Å². The number of benzene rings is 1. The summed E-state index contributed by atoms with van der Waals surface area (Å²) >= 11 is 1.69. The normalized spacial score (nSPS) is 10.6. The minimum atomic E-state index is 0.544. The Hall–Kier alpha value is -1.39. The fourth-order valence-corrected chi connectivity index (χ4v) is 2.37. The molecular weight excluding hydrogens is 244 g/mol. The second-order valence-electron chi connectivity index (χ2n) is 4.05. The SMILES string of the molecule is CCc1nc(COc2ccc(CNC)cc2)cs1. The van der Waals surface area contributed by atoms with Gasteiger partial charge in [0.1, 0.15) is 12.4 Å². The van der Waals surface area contributed by atoms with E-state index >= 15 is 0 Å². The van der Waals surface area contributed by atoms with E-state index in [1.165, 1.54) is 5.56 Å². The molecule has 0 bridgehead atoms. The standard InChI is InChI=1S/C14H18N2OS/c1-3-14-16-12(10-18-14)9-17-13-6-4-11(5-7-13)8-15-2/h4-7,10,15H,3,8-9H2,1-2H3. The number of nitrogens with one attached hydrogen (secondary N) is 1. The third kappa shape index (κ3) is 3.55. The molecule has 2 rings (SSSR count). The Morgan fingerprint density at radius 1 is 1.28 bits per heavy atom. The van der Waals surface area contributed by atoms with Crippen LogP contribution < -0.4 is 10.1 Å². The van der Waals surface area contributed by atoms with Crippen molar-refractivity contribution >= 4 is 11.3 Å². The van der Waals surface area contributed by atoms with Crippen molar-refractivity contribution in [3.05, 3.63) is 45.9 Å². The molecule has 0 atom stereocenters. The molecule has 1 aromatic heterocycles. The number of ether oxygens (including phenoxy) is 1. The maximum Gasteiger partial charge on any atom is 0.131 e. The van der Waals surface area contributed by atoms with Crippen LogP contribution in [0.25, 0.3) is 0 Å². The minimum Gasteiger partial charge on any atom is -0.487 e. The summed E-state index contributed by atoms with van der Waals surface area (Å²) in [6.07, 6.45) is 0.989. The molecule has 0 amide bonds. The van der Waals surface area contributed by atoms with Crippen molar-refractivity contribution in [2.24, 2.45) is 0 Å². The Kier molecular flexibility index (Phi) is 4.73. The molecule has 96 valence electrons. The van der Waals surface area contributed by atoms with Crippen LogP contribution in [0.1, 0.15) is 23.2 Å². The Labute approximate surface area is 112 Å². The highest BCUT2D eigenvalue weighted by Crippen LogP contribution is 2.16. The lowest BCUT2D eigenvalue weighted by atomic mass is 10.2. The molecule has 0 aliphatic heterocycles. The summed E-state index contributed by atoms with van der Waals surface area (Å²) in [6.45, 7) is 3.54. The lowest BCUT2D eigenvalue weighted by molar-refractivity contribution is 0.302. The molecule has 0 aliphatic carbocycles. The van der Waals surface area contributed by atoms with Crippen LogP contribution in [0.5, 0.6) is 5.75 Å². The molecule has 1 heterocycles. The van der Waals surface area contributed by atoms with Crippen LogP contribution in [0.4, 0.5) is 0 Å². The largest absolute Gasteiger partial charge is 0.487 e. The van der Waals surface area contributed by atoms with Gasteiger partial charge in [0.2, 0.25) is 0 Å². The topological polar surface area (TPSA) is 34.1 Å². The monoisotopic (exact) mass is 262 g/mol.